The van der Waals surface area contributed by atoms with Crippen LogP contribution < -0.4 is 15.4 Å². The molecule has 2 N–H and O–H groups in total. The van der Waals surface area contributed by atoms with Gasteiger partial charge in [0.2, 0.25) is 0 Å². The summed E-state index contributed by atoms with van der Waals surface area (Å²) in [6.07, 6.45) is 7.94. The van der Waals surface area contributed by atoms with Crippen molar-refractivity contribution in [3.63, 3.8) is 0 Å². The van der Waals surface area contributed by atoms with Crippen molar-refractivity contribution in [2.45, 2.75) is 44.8 Å². The number of piperidine rings is 1. The normalized spacial score (nSPS) is 17.9. The summed E-state index contributed by atoms with van der Waals surface area (Å²) in [5.74, 6) is 1.02. The van der Waals surface area contributed by atoms with Gasteiger partial charge < -0.3 is 20.3 Å². The van der Waals surface area contributed by atoms with Crippen molar-refractivity contribution in [2.75, 3.05) is 36.8 Å². The van der Waals surface area contributed by atoms with Crippen LogP contribution in [0.25, 0.3) is 11.1 Å². The van der Waals surface area contributed by atoms with Crippen LogP contribution in [0.15, 0.2) is 42.7 Å². The molecule has 2 saturated heterocycles. The summed E-state index contributed by atoms with van der Waals surface area (Å²) in [5, 5.41) is 0.253. The number of nitrogen functional groups attached to an aromatic ring is 1. The summed E-state index contributed by atoms with van der Waals surface area (Å²) >= 11 is 12.4. The van der Waals surface area contributed by atoms with Gasteiger partial charge in [0.05, 0.1) is 5.02 Å². The van der Waals surface area contributed by atoms with E-state index in [0.29, 0.717) is 22.4 Å². The van der Waals surface area contributed by atoms with Gasteiger partial charge in [-0.05, 0) is 76.0 Å². The highest BCUT2D eigenvalue weighted by Crippen LogP contribution is 2.37. The first-order valence-electron chi connectivity index (χ1n) is 12.4. The molecule has 2 aliphatic heterocycles. The molecule has 2 aromatic heterocycles. The number of nitrogens with two attached hydrogens (primary N) is 1. The van der Waals surface area contributed by atoms with Gasteiger partial charge >= 0.3 is 0 Å². The number of nitrogens with zero attached hydrogens (tertiary/aromatic N) is 4. The Balaban J connectivity index is 1.28. The molecular formula is C27H30Cl2FN5O. The fourth-order valence-corrected chi connectivity index (χ4v) is 5.86. The lowest BCUT2D eigenvalue weighted by Gasteiger charge is -2.37. The number of benzene rings is 1. The van der Waals surface area contributed by atoms with Crippen molar-refractivity contribution in [2.24, 2.45) is 0 Å². The third-order valence-electron chi connectivity index (χ3n) is 7.20. The van der Waals surface area contributed by atoms with Gasteiger partial charge in [0.1, 0.15) is 17.7 Å². The molecule has 0 spiro atoms. The Kier molecular flexibility index (Phi) is 7.51. The molecule has 1 aromatic carbocycles. The third-order valence-corrected chi connectivity index (χ3v) is 7.91. The maximum absolute atomic E-state index is 14.0. The molecule has 5 rings (SSSR count). The number of pyridine rings is 2. The van der Waals surface area contributed by atoms with Crippen molar-refractivity contribution in [1.82, 2.24) is 14.9 Å². The molecule has 3 aromatic rings. The second-order valence-electron chi connectivity index (χ2n) is 9.49. The second kappa shape index (κ2) is 10.8. The Hall–Kier alpha value is -2.61. The van der Waals surface area contributed by atoms with E-state index < -0.39 is 11.9 Å². The lowest BCUT2D eigenvalue weighted by atomic mass is 10.0. The Morgan fingerprint density at radius 2 is 1.72 bits per heavy atom. The first kappa shape index (κ1) is 25.1. The molecule has 1 unspecified atom stereocenters. The van der Waals surface area contributed by atoms with Crippen LogP contribution in [-0.4, -0.2) is 47.1 Å². The number of aromatic nitrogens is 2. The van der Waals surface area contributed by atoms with E-state index in [4.69, 9.17) is 38.7 Å². The van der Waals surface area contributed by atoms with Crippen molar-refractivity contribution in [3.8, 4) is 16.9 Å². The predicted molar refractivity (Wildman–Crippen MR) is 143 cm³/mol. The summed E-state index contributed by atoms with van der Waals surface area (Å²) in [7, 11) is 0. The van der Waals surface area contributed by atoms with Crippen molar-refractivity contribution < 1.29 is 9.13 Å². The molecule has 0 amide bonds. The molecule has 190 valence electrons. The van der Waals surface area contributed by atoms with Crippen molar-refractivity contribution in [3.05, 3.63) is 64.2 Å². The summed E-state index contributed by atoms with van der Waals surface area (Å²) in [4.78, 5) is 14.0. The highest BCUT2D eigenvalue weighted by Gasteiger charge is 2.27. The standard InChI is InChI=1S/C27H30Cl2FN5O/c1-17(25-21(28)5-6-22(30)26(25)29)36-23-14-19(16-33-27(23)31)18-4-7-24(32-15-18)35-12-8-20(9-13-35)34-10-2-3-11-34/h4-7,14-17,20H,2-3,8-13H2,1H3,(H2,31,33). The fraction of sp³-hybridized carbons (Fsp3) is 0.407. The molecule has 1 atom stereocenters. The van der Waals surface area contributed by atoms with Crippen LogP contribution in [0.4, 0.5) is 16.0 Å². The van der Waals surface area contributed by atoms with Crippen LogP contribution in [-0.2, 0) is 0 Å². The summed E-state index contributed by atoms with van der Waals surface area (Å²) in [6, 6.07) is 9.29. The summed E-state index contributed by atoms with van der Waals surface area (Å²) < 4.78 is 20.0. The smallest absolute Gasteiger partial charge is 0.166 e. The van der Waals surface area contributed by atoms with Gasteiger partial charge in [-0.15, -0.1) is 0 Å². The Morgan fingerprint density at radius 1 is 1.00 bits per heavy atom. The van der Waals surface area contributed by atoms with Crippen LogP contribution in [0.1, 0.15) is 44.3 Å². The molecular weight excluding hydrogens is 500 g/mol. The van der Waals surface area contributed by atoms with Gasteiger partial charge in [0.25, 0.3) is 0 Å². The van der Waals surface area contributed by atoms with Crippen molar-refractivity contribution in [1.29, 1.82) is 0 Å². The zero-order valence-electron chi connectivity index (χ0n) is 20.3. The highest BCUT2D eigenvalue weighted by atomic mass is 35.5. The predicted octanol–water partition coefficient (Wildman–Crippen LogP) is 6.38. The molecule has 0 bridgehead atoms. The SMILES string of the molecule is CC(Oc1cc(-c2ccc(N3CCC(N4CCCC4)CC3)nc2)cnc1N)c1c(Cl)ccc(F)c1Cl. The van der Waals surface area contributed by atoms with E-state index in [9.17, 15) is 4.39 Å². The Morgan fingerprint density at radius 3 is 2.42 bits per heavy atom. The molecule has 4 heterocycles. The van der Waals surface area contributed by atoms with Crippen molar-refractivity contribution >= 4 is 34.8 Å². The molecule has 0 aliphatic carbocycles. The molecule has 0 saturated carbocycles. The number of anilines is 2. The summed E-state index contributed by atoms with van der Waals surface area (Å²) in [6.45, 7) is 6.29. The number of ether oxygens (including phenoxy) is 1. The number of hydrogen-bond donors (Lipinski definition) is 1. The van der Waals surface area contributed by atoms with E-state index in [0.717, 1.165) is 30.0 Å². The van der Waals surface area contributed by atoms with E-state index in [1.165, 1.54) is 50.9 Å². The quantitative estimate of drug-likeness (QED) is 0.374. The number of hydrogen-bond acceptors (Lipinski definition) is 6. The van der Waals surface area contributed by atoms with Gasteiger partial charge in [0, 0.05) is 53.2 Å². The average Bonchev–Trinajstić information content (AvgIpc) is 3.43. The van der Waals surface area contributed by atoms with E-state index in [1.54, 1.807) is 19.2 Å². The second-order valence-corrected chi connectivity index (χ2v) is 10.3. The first-order chi connectivity index (χ1) is 17.4. The minimum Gasteiger partial charge on any atom is -0.482 e. The largest absolute Gasteiger partial charge is 0.482 e. The molecule has 2 fully saturated rings. The molecule has 0 radical (unpaired) electrons. The molecule has 36 heavy (non-hydrogen) atoms. The Bertz CT molecular complexity index is 1210. The third kappa shape index (κ3) is 5.24. The van der Waals surface area contributed by atoms with Crippen LogP contribution in [0.3, 0.4) is 0 Å². The lowest BCUT2D eigenvalue weighted by molar-refractivity contribution is 0.207. The zero-order valence-corrected chi connectivity index (χ0v) is 21.8. The van der Waals surface area contributed by atoms with Gasteiger partial charge in [-0.3, -0.25) is 0 Å². The van der Waals surface area contributed by atoms with E-state index in [-0.39, 0.29) is 10.8 Å². The van der Waals surface area contributed by atoms with Crippen LogP contribution >= 0.6 is 23.2 Å². The minimum absolute atomic E-state index is 0.0677. The maximum Gasteiger partial charge on any atom is 0.166 e. The van der Waals surface area contributed by atoms with Gasteiger partial charge in [0.15, 0.2) is 11.6 Å². The molecule has 6 nitrogen and oxygen atoms in total. The monoisotopic (exact) mass is 529 g/mol. The number of rotatable bonds is 6. The van der Waals surface area contributed by atoms with Crippen LogP contribution in [0.2, 0.25) is 10.0 Å². The number of likely N-dealkylation sites (tertiary alicyclic amines) is 1. The van der Waals surface area contributed by atoms with Crippen LogP contribution in [0.5, 0.6) is 5.75 Å². The fourth-order valence-electron chi connectivity index (χ4n) is 5.18. The highest BCUT2D eigenvalue weighted by molar-refractivity contribution is 6.36. The lowest BCUT2D eigenvalue weighted by Crippen LogP contribution is -2.44. The first-order valence-corrected chi connectivity index (χ1v) is 13.2. The average molecular weight is 530 g/mol. The van der Waals surface area contributed by atoms with E-state index in [2.05, 4.69) is 20.9 Å². The number of halogens is 3. The van der Waals surface area contributed by atoms with E-state index in [1.807, 2.05) is 12.3 Å². The molecule has 2 aliphatic rings. The van der Waals surface area contributed by atoms with Gasteiger partial charge in [-0.1, -0.05) is 23.2 Å². The molecule has 9 heteroatoms. The maximum atomic E-state index is 14.0. The Labute approximate surface area is 221 Å². The van der Waals surface area contributed by atoms with Gasteiger partial charge in [-0.2, -0.15) is 0 Å². The van der Waals surface area contributed by atoms with Crippen LogP contribution in [0, 0.1) is 5.82 Å². The topological polar surface area (TPSA) is 67.5 Å². The van der Waals surface area contributed by atoms with E-state index >= 15 is 0 Å². The summed E-state index contributed by atoms with van der Waals surface area (Å²) in [5.41, 5.74) is 8.15. The zero-order chi connectivity index (χ0) is 25.2. The minimum atomic E-state index is -0.635. The van der Waals surface area contributed by atoms with Gasteiger partial charge in [-0.25, -0.2) is 14.4 Å².